The number of hydrogen-bond acceptors (Lipinski definition) is 6. The Morgan fingerprint density at radius 2 is 1.37 bits per heavy atom. The summed E-state index contributed by atoms with van der Waals surface area (Å²) in [5, 5.41) is 0. The number of quaternary nitrogens is 1. The third kappa shape index (κ3) is 10.6. The van der Waals surface area contributed by atoms with E-state index < -0.39 is 31.1 Å². The lowest BCUT2D eigenvalue weighted by molar-refractivity contribution is -0.908. The molecule has 0 bridgehead atoms. The van der Waals surface area contributed by atoms with Crippen LogP contribution in [0, 0.1) is 0 Å². The normalized spacial score (nSPS) is 14.9. The first-order valence-corrected chi connectivity index (χ1v) is 11.1. The van der Waals surface area contributed by atoms with Crippen molar-refractivity contribution in [3.63, 3.8) is 0 Å². The predicted molar refractivity (Wildman–Crippen MR) is 95.8 cm³/mol. The number of alkyl halides is 6. The van der Waals surface area contributed by atoms with E-state index in [0.717, 1.165) is 34.7 Å². The van der Waals surface area contributed by atoms with Gasteiger partial charge in [0.15, 0.2) is 20.0 Å². The number of nitrogens with zero attached hydrogens (tertiary/aromatic N) is 2. The molecule has 0 saturated heterocycles. The van der Waals surface area contributed by atoms with E-state index in [1.165, 1.54) is 0 Å². The van der Waals surface area contributed by atoms with Gasteiger partial charge in [0.2, 0.25) is 0 Å². The molecule has 1 unspecified atom stereocenters. The van der Waals surface area contributed by atoms with Gasteiger partial charge in [0.1, 0.15) is 13.2 Å². The standard InChI is InChI=1S/C12H24NO2.C2F6NO4S2/c1-6-8-13(5,7-2)9-10-15-12(14)11(3)4;3-1(4,5)14(10,11)9-15(12,13)2(6,7)8/h3,6-10H2,1-2,4-5H3;/q+1;-1. The van der Waals surface area contributed by atoms with E-state index >= 15 is 0 Å². The van der Waals surface area contributed by atoms with Crippen LogP contribution in [-0.2, 0) is 29.6 Å². The SMILES string of the molecule is C=C(C)C(=O)OCC[N+](C)(CC)CCC.O=S(=O)([N-]S(=O)(=O)C(F)(F)F)C(F)(F)F. The fraction of sp³-hybridized carbons (Fsp3) is 0.786. The van der Waals surface area contributed by atoms with Crippen LogP contribution in [0.3, 0.4) is 0 Å². The molecule has 0 spiro atoms. The Kier molecular flexibility index (Phi) is 11.6. The number of likely N-dealkylation sites (N-methyl/N-ethyl adjacent to an activating group) is 1. The fourth-order valence-corrected chi connectivity index (χ4v) is 3.37. The van der Waals surface area contributed by atoms with Crippen molar-refractivity contribution >= 4 is 26.0 Å². The van der Waals surface area contributed by atoms with E-state index in [2.05, 4.69) is 27.5 Å². The zero-order valence-electron chi connectivity index (χ0n) is 16.7. The number of rotatable bonds is 9. The topological polar surface area (TPSA) is 109 Å². The van der Waals surface area contributed by atoms with Crippen molar-refractivity contribution in [1.29, 1.82) is 0 Å². The van der Waals surface area contributed by atoms with Crippen LogP contribution in [0.15, 0.2) is 12.2 Å². The van der Waals surface area contributed by atoms with Gasteiger partial charge in [-0.2, -0.15) is 26.3 Å². The Morgan fingerprint density at radius 3 is 1.63 bits per heavy atom. The van der Waals surface area contributed by atoms with Gasteiger partial charge in [0.05, 0.1) is 20.1 Å². The molecule has 0 aliphatic carbocycles. The first-order chi connectivity index (χ1) is 13.2. The molecule has 0 aromatic carbocycles. The van der Waals surface area contributed by atoms with Gasteiger partial charge in [0.25, 0.3) is 0 Å². The van der Waals surface area contributed by atoms with Crippen molar-refractivity contribution in [2.75, 3.05) is 33.3 Å². The summed E-state index contributed by atoms with van der Waals surface area (Å²) >= 11 is 0. The summed E-state index contributed by atoms with van der Waals surface area (Å²) in [5.41, 5.74) is -11.9. The molecule has 1 atom stereocenters. The minimum atomic E-state index is -6.72. The zero-order chi connectivity index (χ0) is 24.6. The maximum Gasteiger partial charge on any atom is 0.480 e. The quantitative estimate of drug-likeness (QED) is 0.211. The molecular weight excluding hydrogens is 470 g/mol. The van der Waals surface area contributed by atoms with E-state index in [-0.39, 0.29) is 5.97 Å². The van der Waals surface area contributed by atoms with E-state index in [0.29, 0.717) is 12.2 Å². The molecular formula is C14H24F6N2O6S2. The highest BCUT2D eigenvalue weighted by molar-refractivity contribution is 8.13. The molecule has 8 nitrogen and oxygen atoms in total. The lowest BCUT2D eigenvalue weighted by Crippen LogP contribution is -2.46. The molecule has 0 aliphatic heterocycles. The van der Waals surface area contributed by atoms with Gasteiger partial charge >= 0.3 is 17.0 Å². The number of halogens is 6. The minimum absolute atomic E-state index is 0.283. The summed E-state index contributed by atoms with van der Waals surface area (Å²) < 4.78 is 115. The van der Waals surface area contributed by atoms with Crippen LogP contribution in [-0.4, -0.2) is 71.6 Å². The van der Waals surface area contributed by atoms with Crippen molar-refractivity contribution in [3.05, 3.63) is 16.3 Å². The maximum atomic E-state index is 11.4. The molecule has 0 heterocycles. The molecule has 0 amide bonds. The lowest BCUT2D eigenvalue weighted by atomic mass is 10.3. The van der Waals surface area contributed by atoms with Gasteiger partial charge in [0, 0.05) is 5.57 Å². The number of carbonyl (C=O) groups excluding carboxylic acids is 1. The number of sulfonamides is 2. The van der Waals surface area contributed by atoms with Gasteiger partial charge in [-0.15, -0.1) is 0 Å². The van der Waals surface area contributed by atoms with Crippen molar-refractivity contribution in [1.82, 2.24) is 0 Å². The Balaban J connectivity index is 0. The molecule has 0 N–H and O–H groups in total. The molecule has 0 aromatic heterocycles. The van der Waals surface area contributed by atoms with Crippen molar-refractivity contribution in [2.24, 2.45) is 0 Å². The Morgan fingerprint density at radius 1 is 0.967 bits per heavy atom. The van der Waals surface area contributed by atoms with Gasteiger partial charge in [-0.1, -0.05) is 13.5 Å². The number of esters is 1. The molecule has 0 rings (SSSR count). The van der Waals surface area contributed by atoms with Crippen LogP contribution in [0.2, 0.25) is 0 Å². The van der Waals surface area contributed by atoms with E-state index in [1.54, 1.807) is 6.92 Å². The summed E-state index contributed by atoms with van der Waals surface area (Å²) in [7, 11) is -11.3. The first-order valence-electron chi connectivity index (χ1n) is 8.18. The van der Waals surface area contributed by atoms with Crippen molar-refractivity contribution < 1.29 is 57.2 Å². The van der Waals surface area contributed by atoms with Crippen LogP contribution < -0.4 is 0 Å². The van der Waals surface area contributed by atoms with Crippen molar-refractivity contribution in [3.8, 4) is 0 Å². The highest BCUT2D eigenvalue weighted by atomic mass is 32.3. The van der Waals surface area contributed by atoms with E-state index in [4.69, 9.17) is 4.74 Å². The molecule has 30 heavy (non-hydrogen) atoms. The summed E-state index contributed by atoms with van der Waals surface area (Å²) in [5.74, 6) is -0.283. The molecule has 0 aliphatic rings. The van der Waals surface area contributed by atoms with Crippen LogP contribution in [0.5, 0.6) is 0 Å². The monoisotopic (exact) mass is 494 g/mol. The molecule has 0 aromatic rings. The van der Waals surface area contributed by atoms with E-state index in [9.17, 15) is 48.0 Å². The fourth-order valence-electron chi connectivity index (χ4n) is 1.66. The second kappa shape index (κ2) is 11.3. The van der Waals surface area contributed by atoms with Gasteiger partial charge in [-0.05, 0) is 20.3 Å². The highest BCUT2D eigenvalue weighted by Gasteiger charge is 2.46. The third-order valence-electron chi connectivity index (χ3n) is 3.52. The van der Waals surface area contributed by atoms with Crippen LogP contribution >= 0.6 is 0 Å². The molecule has 180 valence electrons. The summed E-state index contributed by atoms with van der Waals surface area (Å²) in [6.45, 7) is 13.1. The summed E-state index contributed by atoms with van der Waals surface area (Å²) in [4.78, 5) is 11.1. The number of ether oxygens (including phenoxy) is 1. The second-order valence-corrected chi connectivity index (χ2v) is 9.64. The van der Waals surface area contributed by atoms with Gasteiger partial charge < -0.3 is 13.3 Å². The Bertz CT molecular complexity index is 751. The molecule has 16 heteroatoms. The largest absolute Gasteiger partial charge is 0.480 e. The molecule has 0 saturated carbocycles. The lowest BCUT2D eigenvalue weighted by Gasteiger charge is -2.32. The Labute approximate surface area is 171 Å². The second-order valence-electron chi connectivity index (χ2n) is 6.22. The predicted octanol–water partition coefficient (Wildman–Crippen LogP) is 3.04. The molecule has 0 radical (unpaired) electrons. The number of hydrogen-bond donors (Lipinski definition) is 0. The minimum Gasteiger partial charge on any atom is -0.456 e. The van der Waals surface area contributed by atoms with E-state index in [1.807, 2.05) is 0 Å². The zero-order valence-corrected chi connectivity index (χ0v) is 18.3. The summed E-state index contributed by atoms with van der Waals surface area (Å²) in [6.07, 6.45) is 1.15. The maximum absolute atomic E-state index is 11.4. The van der Waals surface area contributed by atoms with Crippen LogP contribution in [0.25, 0.3) is 4.13 Å². The first kappa shape index (κ1) is 30.8. The Hall–Kier alpha value is -1.39. The van der Waals surface area contributed by atoms with Crippen molar-refractivity contribution in [2.45, 2.75) is 38.2 Å². The van der Waals surface area contributed by atoms with Crippen LogP contribution in [0.4, 0.5) is 26.3 Å². The highest BCUT2D eigenvalue weighted by Crippen LogP contribution is 2.36. The average Bonchev–Trinajstić information content (AvgIpc) is 2.52. The smallest absolute Gasteiger partial charge is 0.456 e. The third-order valence-corrected chi connectivity index (χ3v) is 6.26. The van der Waals surface area contributed by atoms with Gasteiger partial charge in [-0.25, -0.2) is 21.6 Å². The van der Waals surface area contributed by atoms with Gasteiger partial charge in [-0.3, -0.25) is 0 Å². The molecule has 0 fully saturated rings. The summed E-state index contributed by atoms with van der Waals surface area (Å²) in [6, 6.07) is 0. The number of carbonyl (C=O) groups is 1. The van der Waals surface area contributed by atoms with Crippen LogP contribution in [0.1, 0.15) is 27.2 Å². The average molecular weight is 494 g/mol.